The number of nitrogens with one attached hydrogen (secondary N) is 1. The first-order valence-electron chi connectivity index (χ1n) is 4.36. The van der Waals surface area contributed by atoms with E-state index in [-0.39, 0.29) is 7.24 Å². The van der Waals surface area contributed by atoms with E-state index < -0.39 is 0 Å². The standard InChI is InChI=1S/C7H5FN2.C3H8.H2/c8-5-1-2-6-7(3-5)10-4-9-6;1-3-2;/h1-4H,(H,9,10);3H2,1-2H3;1H. The quantitative estimate of drug-likeness (QED) is 0.664. The molecular formula is C10H15FN2. The molecule has 2 aromatic rings. The Balaban J connectivity index is 0.000000381. The third-order valence-electron chi connectivity index (χ3n) is 1.38. The molecule has 3 heteroatoms. The molecule has 0 unspecified atom stereocenters. The number of hydrogen-bond acceptors (Lipinski definition) is 1. The van der Waals surface area contributed by atoms with Crippen LogP contribution < -0.4 is 0 Å². The van der Waals surface area contributed by atoms with E-state index in [1.807, 2.05) is 0 Å². The Morgan fingerprint density at radius 1 is 1.46 bits per heavy atom. The fourth-order valence-corrected chi connectivity index (χ4v) is 0.908. The zero-order chi connectivity index (χ0) is 9.68. The van der Waals surface area contributed by atoms with Crippen molar-refractivity contribution >= 4 is 11.0 Å². The molecule has 1 aromatic carbocycles. The van der Waals surface area contributed by atoms with Crippen LogP contribution in [0.15, 0.2) is 24.5 Å². The van der Waals surface area contributed by atoms with Gasteiger partial charge in [0.1, 0.15) is 5.82 Å². The maximum atomic E-state index is 12.5. The van der Waals surface area contributed by atoms with Crippen LogP contribution in [0.5, 0.6) is 0 Å². The summed E-state index contributed by atoms with van der Waals surface area (Å²) < 4.78 is 12.5. The summed E-state index contributed by atoms with van der Waals surface area (Å²) in [6.07, 6.45) is 2.80. The predicted molar refractivity (Wildman–Crippen MR) is 54.1 cm³/mol. The summed E-state index contributed by atoms with van der Waals surface area (Å²) in [6, 6.07) is 4.45. The lowest BCUT2D eigenvalue weighted by Gasteiger charge is -1.86. The summed E-state index contributed by atoms with van der Waals surface area (Å²) in [5, 5.41) is 0. The summed E-state index contributed by atoms with van der Waals surface area (Å²) >= 11 is 0. The number of H-pyrrole nitrogens is 1. The number of aromatic amines is 1. The summed E-state index contributed by atoms with van der Waals surface area (Å²) in [5.74, 6) is -0.239. The third-order valence-corrected chi connectivity index (χ3v) is 1.38. The highest BCUT2D eigenvalue weighted by Gasteiger charge is 1.94. The van der Waals surface area contributed by atoms with Crippen LogP contribution in [-0.2, 0) is 0 Å². The van der Waals surface area contributed by atoms with E-state index in [1.54, 1.807) is 12.4 Å². The van der Waals surface area contributed by atoms with Crippen molar-refractivity contribution in [1.82, 2.24) is 9.97 Å². The topological polar surface area (TPSA) is 28.7 Å². The molecular weight excluding hydrogens is 167 g/mol. The second-order valence-electron chi connectivity index (χ2n) is 2.77. The Labute approximate surface area is 78.3 Å². The van der Waals surface area contributed by atoms with E-state index in [0.29, 0.717) is 0 Å². The largest absolute Gasteiger partial charge is 0.345 e. The number of imidazole rings is 1. The number of benzene rings is 1. The Bertz CT molecular complexity index is 373. The Hall–Kier alpha value is -1.38. The van der Waals surface area contributed by atoms with Gasteiger partial charge in [-0.3, -0.25) is 0 Å². The number of fused-ring (bicyclic) bond motifs is 1. The number of rotatable bonds is 0. The van der Waals surface area contributed by atoms with E-state index in [1.165, 1.54) is 18.6 Å². The number of hydrogen-bond donors (Lipinski definition) is 1. The lowest BCUT2D eigenvalue weighted by Crippen LogP contribution is -1.72. The van der Waals surface area contributed by atoms with Crippen LogP contribution in [0.25, 0.3) is 11.0 Å². The monoisotopic (exact) mass is 182 g/mol. The van der Waals surface area contributed by atoms with E-state index in [4.69, 9.17) is 0 Å². The van der Waals surface area contributed by atoms with Crippen LogP contribution in [0.3, 0.4) is 0 Å². The van der Waals surface area contributed by atoms with Crippen molar-refractivity contribution in [3.63, 3.8) is 0 Å². The molecule has 0 saturated heterocycles. The lowest BCUT2D eigenvalue weighted by atomic mass is 10.3. The summed E-state index contributed by atoms with van der Waals surface area (Å²) in [5.41, 5.74) is 1.53. The van der Waals surface area contributed by atoms with Gasteiger partial charge >= 0.3 is 0 Å². The highest BCUT2D eigenvalue weighted by atomic mass is 19.1. The lowest BCUT2D eigenvalue weighted by molar-refractivity contribution is 0.629. The van der Waals surface area contributed by atoms with Crippen molar-refractivity contribution in [2.45, 2.75) is 20.3 Å². The first kappa shape index (κ1) is 9.71. The molecule has 2 rings (SSSR count). The van der Waals surface area contributed by atoms with Gasteiger partial charge in [-0.1, -0.05) is 20.3 Å². The Kier molecular flexibility index (Phi) is 3.43. The molecule has 1 aromatic heterocycles. The van der Waals surface area contributed by atoms with Gasteiger partial charge in [0.05, 0.1) is 17.4 Å². The summed E-state index contributed by atoms with van der Waals surface area (Å²) in [4.78, 5) is 6.75. The minimum atomic E-state index is -0.239. The minimum absolute atomic E-state index is 0. The van der Waals surface area contributed by atoms with Crippen molar-refractivity contribution < 1.29 is 5.82 Å². The van der Waals surface area contributed by atoms with Crippen LogP contribution in [0, 0.1) is 5.82 Å². The van der Waals surface area contributed by atoms with Crippen LogP contribution in [0.2, 0.25) is 0 Å². The van der Waals surface area contributed by atoms with Gasteiger partial charge in [0.2, 0.25) is 0 Å². The molecule has 0 fully saturated rings. The van der Waals surface area contributed by atoms with Crippen LogP contribution in [0.4, 0.5) is 4.39 Å². The first-order valence-corrected chi connectivity index (χ1v) is 4.36. The predicted octanol–water partition coefficient (Wildman–Crippen LogP) is 3.36. The summed E-state index contributed by atoms with van der Waals surface area (Å²) in [7, 11) is 0. The molecule has 72 valence electrons. The highest BCUT2D eigenvalue weighted by molar-refractivity contribution is 5.73. The van der Waals surface area contributed by atoms with Crippen molar-refractivity contribution in [2.24, 2.45) is 0 Å². The molecule has 0 spiro atoms. The van der Waals surface area contributed by atoms with Gasteiger partial charge in [-0.2, -0.15) is 0 Å². The SMILES string of the molecule is CCC.Fc1ccc2nc[nH]c2c1.[HH]. The maximum Gasteiger partial charge on any atom is 0.125 e. The van der Waals surface area contributed by atoms with Gasteiger partial charge < -0.3 is 4.98 Å². The Morgan fingerprint density at radius 3 is 2.85 bits per heavy atom. The van der Waals surface area contributed by atoms with Gasteiger partial charge in [-0.05, 0) is 18.2 Å². The van der Waals surface area contributed by atoms with E-state index in [9.17, 15) is 4.39 Å². The molecule has 0 aliphatic heterocycles. The normalized spacial score (nSPS) is 9.46. The maximum absolute atomic E-state index is 12.5. The molecule has 0 aliphatic carbocycles. The van der Waals surface area contributed by atoms with Crippen molar-refractivity contribution in [2.75, 3.05) is 0 Å². The molecule has 0 saturated carbocycles. The van der Waals surface area contributed by atoms with Crippen molar-refractivity contribution in [1.29, 1.82) is 0 Å². The molecule has 0 radical (unpaired) electrons. The smallest absolute Gasteiger partial charge is 0.125 e. The van der Waals surface area contributed by atoms with E-state index >= 15 is 0 Å². The summed E-state index contributed by atoms with van der Waals surface area (Å²) in [6.45, 7) is 4.25. The zero-order valence-electron chi connectivity index (χ0n) is 7.84. The van der Waals surface area contributed by atoms with Gasteiger partial charge in [-0.15, -0.1) is 0 Å². The average molecular weight is 182 g/mol. The van der Waals surface area contributed by atoms with Gasteiger partial charge in [0.15, 0.2) is 0 Å². The molecule has 13 heavy (non-hydrogen) atoms. The number of nitrogens with zero attached hydrogens (tertiary/aromatic N) is 1. The van der Waals surface area contributed by atoms with Gasteiger partial charge in [-0.25, -0.2) is 9.37 Å². The minimum Gasteiger partial charge on any atom is -0.345 e. The van der Waals surface area contributed by atoms with E-state index in [2.05, 4.69) is 23.8 Å². The third kappa shape index (κ3) is 2.54. The average Bonchev–Trinajstić information content (AvgIpc) is 2.52. The van der Waals surface area contributed by atoms with Crippen LogP contribution in [0.1, 0.15) is 21.7 Å². The molecule has 0 aliphatic rings. The fourth-order valence-electron chi connectivity index (χ4n) is 0.908. The molecule has 1 N–H and O–H groups in total. The van der Waals surface area contributed by atoms with E-state index in [0.717, 1.165) is 11.0 Å². The Morgan fingerprint density at radius 2 is 2.15 bits per heavy atom. The zero-order valence-corrected chi connectivity index (χ0v) is 7.84. The first-order chi connectivity index (χ1) is 6.27. The fraction of sp³-hybridized carbons (Fsp3) is 0.300. The second-order valence-corrected chi connectivity index (χ2v) is 2.77. The number of aromatic nitrogens is 2. The van der Waals surface area contributed by atoms with Crippen molar-refractivity contribution in [3.8, 4) is 0 Å². The molecule has 1 heterocycles. The molecule has 0 bridgehead atoms. The molecule has 0 amide bonds. The second kappa shape index (κ2) is 4.60. The van der Waals surface area contributed by atoms with Gasteiger partial charge in [0, 0.05) is 1.43 Å². The van der Waals surface area contributed by atoms with Crippen molar-refractivity contribution in [3.05, 3.63) is 30.3 Å². The highest BCUT2D eigenvalue weighted by Crippen LogP contribution is 2.09. The van der Waals surface area contributed by atoms with Crippen LogP contribution >= 0.6 is 0 Å². The van der Waals surface area contributed by atoms with Gasteiger partial charge in [0.25, 0.3) is 0 Å². The molecule has 2 nitrogen and oxygen atoms in total. The molecule has 0 atom stereocenters. The number of halogens is 1. The van der Waals surface area contributed by atoms with Crippen LogP contribution in [-0.4, -0.2) is 9.97 Å².